The van der Waals surface area contributed by atoms with E-state index < -0.39 is 0 Å². The van der Waals surface area contributed by atoms with Gasteiger partial charge in [0.05, 0.1) is 11.7 Å². The monoisotopic (exact) mass is 252 g/mol. The molecule has 0 amide bonds. The maximum Gasteiger partial charge on any atom is 0.129 e. The summed E-state index contributed by atoms with van der Waals surface area (Å²) in [4.78, 5) is 4.14. The van der Waals surface area contributed by atoms with E-state index in [9.17, 15) is 0 Å². The van der Waals surface area contributed by atoms with Gasteiger partial charge in [-0.05, 0) is 36.0 Å². The molecule has 2 nitrogen and oxygen atoms in total. The largest absolute Gasteiger partial charge is 0.346 e. The Bertz CT molecular complexity index is 505. The van der Waals surface area contributed by atoms with Crippen LogP contribution in [0.5, 0.6) is 0 Å². The zero-order valence-corrected chi connectivity index (χ0v) is 10.5. The van der Waals surface area contributed by atoms with Crippen molar-refractivity contribution in [3.8, 4) is 0 Å². The number of thioether (sulfide) groups is 1. The molecule has 84 valence electrons. The van der Waals surface area contributed by atoms with Crippen LogP contribution in [0.1, 0.15) is 6.42 Å². The summed E-state index contributed by atoms with van der Waals surface area (Å²) in [5.41, 5.74) is 1.19. The molecule has 0 radical (unpaired) electrons. The minimum atomic E-state index is 0.570. The minimum absolute atomic E-state index is 0.570. The van der Waals surface area contributed by atoms with Crippen molar-refractivity contribution in [3.05, 3.63) is 29.7 Å². The van der Waals surface area contributed by atoms with Gasteiger partial charge in [0.15, 0.2) is 0 Å². The maximum absolute atomic E-state index is 5.86. The van der Waals surface area contributed by atoms with Gasteiger partial charge >= 0.3 is 0 Å². The molecule has 3 heterocycles. The fourth-order valence-electron chi connectivity index (χ4n) is 2.03. The number of aromatic nitrogens is 2. The smallest absolute Gasteiger partial charge is 0.129 e. The fraction of sp³-hybridized carbons (Fsp3) is 0.417. The Morgan fingerprint density at radius 1 is 1.50 bits per heavy atom. The first-order chi connectivity index (χ1) is 7.83. The molecule has 0 aromatic carbocycles. The summed E-state index contributed by atoms with van der Waals surface area (Å²) < 4.78 is 2.28. The number of pyridine rings is 1. The van der Waals surface area contributed by atoms with Crippen molar-refractivity contribution in [1.29, 1.82) is 0 Å². The second-order valence-electron chi connectivity index (χ2n) is 4.27. The minimum Gasteiger partial charge on any atom is -0.346 e. The van der Waals surface area contributed by atoms with Gasteiger partial charge in [-0.1, -0.05) is 11.6 Å². The van der Waals surface area contributed by atoms with Gasteiger partial charge in [0.2, 0.25) is 0 Å². The predicted octanol–water partition coefficient (Wildman–Crippen LogP) is 3.44. The number of nitrogens with zero attached hydrogens (tertiary/aromatic N) is 2. The van der Waals surface area contributed by atoms with Gasteiger partial charge in [0, 0.05) is 18.1 Å². The van der Waals surface area contributed by atoms with E-state index in [1.165, 1.54) is 28.8 Å². The van der Waals surface area contributed by atoms with Gasteiger partial charge < -0.3 is 4.57 Å². The van der Waals surface area contributed by atoms with Crippen molar-refractivity contribution in [3.63, 3.8) is 0 Å². The summed E-state index contributed by atoms with van der Waals surface area (Å²) in [7, 11) is 0. The third-order valence-electron chi connectivity index (χ3n) is 3.11. The number of rotatable bonds is 3. The summed E-state index contributed by atoms with van der Waals surface area (Å²) >= 11 is 7.91. The molecule has 2 aromatic rings. The highest BCUT2D eigenvalue weighted by Gasteiger charge is 2.17. The van der Waals surface area contributed by atoms with Crippen molar-refractivity contribution in [2.45, 2.75) is 13.0 Å². The van der Waals surface area contributed by atoms with Crippen molar-refractivity contribution in [1.82, 2.24) is 9.55 Å². The van der Waals surface area contributed by atoms with Gasteiger partial charge in [-0.3, -0.25) is 0 Å². The summed E-state index contributed by atoms with van der Waals surface area (Å²) in [6.45, 7) is 1.10. The van der Waals surface area contributed by atoms with Crippen LogP contribution < -0.4 is 0 Å². The van der Waals surface area contributed by atoms with Crippen LogP contribution in [0.15, 0.2) is 24.5 Å². The standard InChI is InChI=1S/C12H13ClN2S/c13-12-5-10-2-4-15(11(10)6-14-12)3-1-9-7-16-8-9/h2,4-6,9H,1,3,7-8H2. The van der Waals surface area contributed by atoms with E-state index in [4.69, 9.17) is 11.6 Å². The second-order valence-corrected chi connectivity index (χ2v) is 5.73. The molecule has 0 spiro atoms. The van der Waals surface area contributed by atoms with Crippen LogP contribution >= 0.6 is 23.4 Å². The quantitative estimate of drug-likeness (QED) is 0.779. The normalized spacial score (nSPS) is 16.6. The van der Waals surface area contributed by atoms with Crippen LogP contribution in [-0.2, 0) is 6.54 Å². The van der Waals surface area contributed by atoms with Crippen LogP contribution in [0.2, 0.25) is 5.15 Å². The molecule has 0 bridgehead atoms. The van der Waals surface area contributed by atoms with E-state index in [-0.39, 0.29) is 0 Å². The van der Waals surface area contributed by atoms with Crippen molar-refractivity contribution < 1.29 is 0 Å². The van der Waals surface area contributed by atoms with E-state index in [2.05, 4.69) is 21.8 Å². The molecule has 1 fully saturated rings. The molecule has 1 aliphatic rings. The molecule has 0 saturated carbocycles. The molecule has 4 heteroatoms. The van der Waals surface area contributed by atoms with Gasteiger partial charge in [-0.15, -0.1) is 0 Å². The third kappa shape index (κ3) is 1.94. The average molecular weight is 253 g/mol. The Balaban J connectivity index is 1.80. The topological polar surface area (TPSA) is 17.8 Å². The lowest BCUT2D eigenvalue weighted by Crippen LogP contribution is -2.19. The van der Waals surface area contributed by atoms with Crippen molar-refractivity contribution in [2.24, 2.45) is 5.92 Å². The van der Waals surface area contributed by atoms with E-state index in [0.717, 1.165) is 12.5 Å². The molecule has 0 aliphatic carbocycles. The molecule has 1 aliphatic heterocycles. The van der Waals surface area contributed by atoms with Crippen molar-refractivity contribution >= 4 is 34.3 Å². The van der Waals surface area contributed by atoms with E-state index in [1.54, 1.807) is 0 Å². The van der Waals surface area contributed by atoms with Gasteiger partial charge in [0.1, 0.15) is 5.15 Å². The highest BCUT2D eigenvalue weighted by molar-refractivity contribution is 8.00. The highest BCUT2D eigenvalue weighted by Crippen LogP contribution is 2.28. The first kappa shape index (κ1) is 10.5. The first-order valence-corrected chi connectivity index (χ1v) is 7.04. The third-order valence-corrected chi connectivity index (χ3v) is 4.73. The number of fused-ring (bicyclic) bond motifs is 1. The van der Waals surface area contributed by atoms with Crippen LogP contribution in [0.25, 0.3) is 10.9 Å². The Kier molecular flexibility index (Phi) is 2.82. The molecule has 3 rings (SSSR count). The first-order valence-electron chi connectivity index (χ1n) is 5.51. The van der Waals surface area contributed by atoms with Crippen LogP contribution in [0.4, 0.5) is 0 Å². The summed E-state index contributed by atoms with van der Waals surface area (Å²) in [5, 5.41) is 1.75. The van der Waals surface area contributed by atoms with Crippen molar-refractivity contribution in [2.75, 3.05) is 11.5 Å². The lowest BCUT2D eigenvalue weighted by Gasteiger charge is -2.24. The Labute approximate surface area is 104 Å². The van der Waals surface area contributed by atoms with Crippen LogP contribution in [0.3, 0.4) is 0 Å². The zero-order chi connectivity index (χ0) is 11.0. The van der Waals surface area contributed by atoms with Crippen LogP contribution in [-0.4, -0.2) is 21.1 Å². The van der Waals surface area contributed by atoms with E-state index >= 15 is 0 Å². The molecule has 0 atom stereocenters. The lowest BCUT2D eigenvalue weighted by atomic mass is 10.1. The van der Waals surface area contributed by atoms with E-state index in [1.807, 2.05) is 24.0 Å². The molecular weight excluding hydrogens is 240 g/mol. The molecule has 2 aromatic heterocycles. The van der Waals surface area contributed by atoms with Gasteiger partial charge in [0.25, 0.3) is 0 Å². The summed E-state index contributed by atoms with van der Waals surface area (Å²) in [6, 6.07) is 4.03. The number of hydrogen-bond donors (Lipinski definition) is 0. The van der Waals surface area contributed by atoms with Gasteiger partial charge in [-0.2, -0.15) is 11.8 Å². The molecule has 0 N–H and O–H groups in total. The lowest BCUT2D eigenvalue weighted by molar-refractivity contribution is 0.519. The fourth-order valence-corrected chi connectivity index (χ4v) is 3.10. The molecule has 1 saturated heterocycles. The molecule has 0 unspecified atom stereocenters. The molecule has 16 heavy (non-hydrogen) atoms. The highest BCUT2D eigenvalue weighted by atomic mass is 35.5. The van der Waals surface area contributed by atoms with Crippen LogP contribution in [0, 0.1) is 5.92 Å². The predicted molar refractivity (Wildman–Crippen MR) is 70.2 cm³/mol. The summed E-state index contributed by atoms with van der Waals surface area (Å²) in [5.74, 6) is 3.59. The number of halogens is 1. The van der Waals surface area contributed by atoms with Gasteiger partial charge in [-0.25, -0.2) is 4.98 Å². The maximum atomic E-state index is 5.86. The Hall–Kier alpha value is -0.670. The second kappa shape index (κ2) is 4.30. The Morgan fingerprint density at radius 3 is 3.12 bits per heavy atom. The zero-order valence-electron chi connectivity index (χ0n) is 8.90. The number of hydrogen-bond acceptors (Lipinski definition) is 2. The SMILES string of the molecule is Clc1cc2ccn(CCC3CSC3)c2cn1. The average Bonchev–Trinajstić information content (AvgIpc) is 2.58. The summed E-state index contributed by atoms with van der Waals surface area (Å²) in [6.07, 6.45) is 5.28. The van der Waals surface area contributed by atoms with E-state index in [0.29, 0.717) is 5.15 Å². The number of aryl methyl sites for hydroxylation is 1. The molecular formula is C12H13ClN2S. The Morgan fingerprint density at radius 2 is 2.38 bits per heavy atom.